The van der Waals surface area contributed by atoms with Gasteiger partial charge in [0.25, 0.3) is 0 Å². The molecule has 198 valence electrons. The molecule has 2 aromatic heterocycles. The molecule has 1 spiro atoms. The normalized spacial score (nSPS) is 19.9. The molecule has 0 radical (unpaired) electrons. The van der Waals surface area contributed by atoms with Gasteiger partial charge in [-0.1, -0.05) is 34.7 Å². The second kappa shape index (κ2) is 8.53. The Hall–Kier alpha value is -2.94. The summed E-state index contributed by atoms with van der Waals surface area (Å²) in [6.07, 6.45) is 1.37. The molecular weight excluding hydrogens is 514 g/mol. The Bertz CT molecular complexity index is 1520. The number of anilines is 1. The van der Waals surface area contributed by atoms with Crippen LogP contribution in [-0.4, -0.2) is 23.2 Å². The van der Waals surface area contributed by atoms with Gasteiger partial charge in [0.05, 0.1) is 10.3 Å². The number of hydrogen-bond acceptors (Lipinski definition) is 5. The van der Waals surface area contributed by atoms with Crippen molar-refractivity contribution in [2.75, 3.05) is 18.0 Å². The summed E-state index contributed by atoms with van der Waals surface area (Å²) in [6, 6.07) is 9.18. The summed E-state index contributed by atoms with van der Waals surface area (Å²) < 4.78 is 62.5. The fourth-order valence-corrected chi connectivity index (χ4v) is 7.62. The third-order valence-electron chi connectivity index (χ3n) is 8.63. The Morgan fingerprint density at radius 2 is 1.79 bits per heavy atom. The van der Waals surface area contributed by atoms with Gasteiger partial charge in [0.15, 0.2) is 10.9 Å². The summed E-state index contributed by atoms with van der Waals surface area (Å²) in [5.74, 6) is 0.937. The van der Waals surface area contributed by atoms with Gasteiger partial charge in [-0.25, -0.2) is 9.37 Å². The highest BCUT2D eigenvalue weighted by Crippen LogP contribution is 2.60. The van der Waals surface area contributed by atoms with Crippen LogP contribution in [0, 0.1) is 18.2 Å². The van der Waals surface area contributed by atoms with E-state index in [9.17, 15) is 17.6 Å². The summed E-state index contributed by atoms with van der Waals surface area (Å²) in [5.41, 5.74) is 2.20. The molecule has 0 amide bonds. The van der Waals surface area contributed by atoms with E-state index in [0.717, 1.165) is 84.4 Å². The topological polar surface area (TPSA) is 42.2 Å². The van der Waals surface area contributed by atoms with Gasteiger partial charge in [0.2, 0.25) is 0 Å². The van der Waals surface area contributed by atoms with Crippen molar-refractivity contribution in [1.82, 2.24) is 10.1 Å². The molecule has 0 atom stereocenters. The lowest BCUT2D eigenvalue weighted by Crippen LogP contribution is -2.46. The second-order valence-corrected chi connectivity index (χ2v) is 12.3. The molecule has 7 rings (SSSR count). The summed E-state index contributed by atoms with van der Waals surface area (Å²) in [5, 5.41) is 5.08. The van der Waals surface area contributed by atoms with Crippen molar-refractivity contribution < 1.29 is 22.1 Å². The Balaban J connectivity index is 1.11. The number of alkyl halides is 3. The van der Waals surface area contributed by atoms with Crippen LogP contribution in [0.25, 0.3) is 21.5 Å². The lowest BCUT2D eigenvalue weighted by molar-refractivity contribution is -0.137. The van der Waals surface area contributed by atoms with Gasteiger partial charge >= 0.3 is 6.18 Å². The molecule has 3 heterocycles. The van der Waals surface area contributed by atoms with Crippen LogP contribution < -0.4 is 4.90 Å². The van der Waals surface area contributed by atoms with Crippen molar-refractivity contribution in [1.29, 1.82) is 0 Å². The molecule has 3 fully saturated rings. The van der Waals surface area contributed by atoms with Gasteiger partial charge in [0.1, 0.15) is 17.0 Å². The molecule has 2 saturated carbocycles. The number of nitrogens with zero attached hydrogens (tertiary/aromatic N) is 3. The predicted molar refractivity (Wildman–Crippen MR) is 139 cm³/mol. The number of rotatable bonds is 4. The quantitative estimate of drug-likeness (QED) is 0.243. The van der Waals surface area contributed by atoms with Gasteiger partial charge in [-0.15, -0.1) is 0 Å². The fourth-order valence-electron chi connectivity index (χ4n) is 6.49. The van der Waals surface area contributed by atoms with Crippen molar-refractivity contribution in [2.24, 2.45) is 5.41 Å². The number of aromatic nitrogens is 2. The van der Waals surface area contributed by atoms with Gasteiger partial charge in [0, 0.05) is 30.1 Å². The molecular formula is C29H27F4N3OS. The third-order valence-corrected chi connectivity index (χ3v) is 9.70. The third kappa shape index (κ3) is 4.01. The smallest absolute Gasteiger partial charge is 0.360 e. The number of hydrogen-bond donors (Lipinski definition) is 0. The maximum atomic E-state index is 14.4. The van der Waals surface area contributed by atoms with Crippen LogP contribution >= 0.6 is 11.3 Å². The number of piperidine rings is 1. The van der Waals surface area contributed by atoms with Gasteiger partial charge < -0.3 is 9.42 Å². The van der Waals surface area contributed by atoms with Crippen LogP contribution in [-0.2, 0) is 6.18 Å². The van der Waals surface area contributed by atoms with Crippen LogP contribution in [0.15, 0.2) is 40.9 Å². The average molecular weight is 542 g/mol. The SMILES string of the molecule is Cc1cc(F)c2nc(N3CCC4(CC3)CC(c3c(-c5ccccc5C(F)(F)F)noc3C3CC3)C4)sc2c1. The molecule has 3 aliphatic rings. The predicted octanol–water partition coefficient (Wildman–Crippen LogP) is 8.46. The van der Waals surface area contributed by atoms with Crippen molar-refractivity contribution >= 4 is 26.7 Å². The molecule has 2 aliphatic carbocycles. The summed E-state index contributed by atoms with van der Waals surface area (Å²) >= 11 is 1.53. The van der Waals surface area contributed by atoms with Crippen LogP contribution in [0.1, 0.15) is 72.8 Å². The largest absolute Gasteiger partial charge is 0.417 e. The van der Waals surface area contributed by atoms with E-state index in [0.29, 0.717) is 11.2 Å². The molecule has 1 saturated heterocycles. The lowest BCUT2D eigenvalue weighted by Gasteiger charge is -2.52. The van der Waals surface area contributed by atoms with E-state index in [1.54, 1.807) is 6.07 Å². The van der Waals surface area contributed by atoms with Gasteiger partial charge in [-0.2, -0.15) is 13.2 Å². The first kappa shape index (κ1) is 24.1. The molecule has 4 nitrogen and oxygen atoms in total. The van der Waals surface area contributed by atoms with Crippen molar-refractivity contribution in [2.45, 2.75) is 63.5 Å². The minimum absolute atomic E-state index is 0.111. The van der Waals surface area contributed by atoms with Crippen LogP contribution in [0.4, 0.5) is 22.7 Å². The molecule has 0 bridgehead atoms. The number of halogens is 4. The minimum Gasteiger partial charge on any atom is -0.360 e. The van der Waals surface area contributed by atoms with E-state index in [1.807, 2.05) is 13.0 Å². The summed E-state index contributed by atoms with van der Waals surface area (Å²) in [6.45, 7) is 3.57. The first-order chi connectivity index (χ1) is 18.2. The highest BCUT2D eigenvalue weighted by molar-refractivity contribution is 7.22. The zero-order valence-corrected chi connectivity index (χ0v) is 21.8. The van der Waals surface area contributed by atoms with Crippen molar-refractivity contribution in [3.05, 3.63) is 64.7 Å². The Morgan fingerprint density at radius 3 is 2.50 bits per heavy atom. The molecule has 0 unspecified atom stereocenters. The Morgan fingerprint density at radius 1 is 1.05 bits per heavy atom. The standard InChI is InChI=1S/C29H27F4N3OS/c1-16-12-21(30)25-22(13-16)38-27(34-25)36-10-8-28(9-11-36)14-18(15-28)23-24(35-37-26(23)17-6-7-17)19-4-2-3-5-20(19)29(31,32)33/h2-5,12-13,17-18H,6-11,14-15H2,1H3. The van der Waals surface area contributed by atoms with Crippen molar-refractivity contribution in [3.63, 3.8) is 0 Å². The number of thiazole rings is 1. The average Bonchev–Trinajstić information content (AvgIpc) is 3.46. The van der Waals surface area contributed by atoms with Crippen LogP contribution in [0.5, 0.6) is 0 Å². The van der Waals surface area contributed by atoms with Crippen LogP contribution in [0.3, 0.4) is 0 Å². The van der Waals surface area contributed by atoms with E-state index >= 15 is 0 Å². The van der Waals surface area contributed by atoms with Crippen molar-refractivity contribution in [3.8, 4) is 11.3 Å². The minimum atomic E-state index is -4.46. The maximum Gasteiger partial charge on any atom is 0.417 e. The highest BCUT2D eigenvalue weighted by Gasteiger charge is 2.50. The monoisotopic (exact) mass is 541 g/mol. The summed E-state index contributed by atoms with van der Waals surface area (Å²) in [4.78, 5) is 6.84. The van der Waals surface area contributed by atoms with Gasteiger partial charge in [-0.05, 0) is 80.5 Å². The molecule has 2 aromatic carbocycles. The number of fused-ring (bicyclic) bond motifs is 1. The van der Waals surface area contributed by atoms with E-state index in [2.05, 4.69) is 15.0 Å². The first-order valence-electron chi connectivity index (χ1n) is 13.2. The number of aryl methyl sites for hydroxylation is 1. The van der Waals surface area contributed by atoms with Crippen LogP contribution in [0.2, 0.25) is 0 Å². The zero-order valence-electron chi connectivity index (χ0n) is 20.9. The molecule has 38 heavy (non-hydrogen) atoms. The lowest BCUT2D eigenvalue weighted by atomic mass is 9.55. The molecule has 0 N–H and O–H groups in total. The summed E-state index contributed by atoms with van der Waals surface area (Å²) in [7, 11) is 0. The van der Waals surface area contributed by atoms with E-state index in [1.165, 1.54) is 29.5 Å². The first-order valence-corrected chi connectivity index (χ1v) is 14.0. The molecule has 4 aromatic rings. The van der Waals surface area contributed by atoms with E-state index in [4.69, 9.17) is 4.52 Å². The van der Waals surface area contributed by atoms with Gasteiger partial charge in [-0.3, -0.25) is 0 Å². The highest BCUT2D eigenvalue weighted by atomic mass is 32.1. The molecule has 9 heteroatoms. The zero-order chi connectivity index (χ0) is 26.2. The van der Waals surface area contributed by atoms with E-state index < -0.39 is 11.7 Å². The molecule has 1 aliphatic heterocycles. The number of benzene rings is 2. The fraction of sp³-hybridized carbons (Fsp3) is 0.448. The van der Waals surface area contributed by atoms with E-state index in [-0.39, 0.29) is 28.6 Å². The maximum absolute atomic E-state index is 14.4. The Labute approximate surface area is 221 Å². The second-order valence-electron chi connectivity index (χ2n) is 11.3. The Kier molecular flexibility index (Phi) is 5.42.